The SMILES string of the molecule is Cc1ccc(N2C(=O)NC(=O)/C(=C\c3cc(C)n(-c4c(C)cccc4C)c3C)C2=O)cc1. The van der Waals surface area contributed by atoms with Crippen LogP contribution in [0.5, 0.6) is 0 Å². The molecule has 1 aromatic heterocycles. The van der Waals surface area contributed by atoms with Gasteiger partial charge in [-0.2, -0.15) is 0 Å². The second-order valence-electron chi connectivity index (χ2n) is 8.20. The predicted octanol–water partition coefficient (Wildman–Crippen LogP) is 4.69. The highest BCUT2D eigenvalue weighted by Crippen LogP contribution is 2.28. The van der Waals surface area contributed by atoms with E-state index < -0.39 is 17.8 Å². The molecule has 0 aliphatic carbocycles. The van der Waals surface area contributed by atoms with E-state index in [4.69, 9.17) is 0 Å². The van der Waals surface area contributed by atoms with Gasteiger partial charge in [-0.25, -0.2) is 9.69 Å². The highest BCUT2D eigenvalue weighted by Gasteiger charge is 2.37. The number of hydrogen-bond acceptors (Lipinski definition) is 3. The maximum Gasteiger partial charge on any atom is 0.335 e. The van der Waals surface area contributed by atoms with Crippen LogP contribution < -0.4 is 10.2 Å². The summed E-state index contributed by atoms with van der Waals surface area (Å²) >= 11 is 0. The van der Waals surface area contributed by atoms with Gasteiger partial charge >= 0.3 is 6.03 Å². The van der Waals surface area contributed by atoms with E-state index >= 15 is 0 Å². The number of carbonyl (C=O) groups is 3. The van der Waals surface area contributed by atoms with Crippen molar-refractivity contribution >= 4 is 29.6 Å². The summed E-state index contributed by atoms with van der Waals surface area (Å²) in [5.74, 6) is -1.33. The Labute approximate surface area is 187 Å². The van der Waals surface area contributed by atoms with Gasteiger partial charge in [0.05, 0.1) is 11.4 Å². The smallest absolute Gasteiger partial charge is 0.317 e. The Bertz CT molecular complexity index is 1280. The molecular weight excluding hydrogens is 402 g/mol. The fraction of sp³-hybridized carbons (Fsp3) is 0.192. The number of para-hydroxylation sites is 1. The lowest BCUT2D eigenvalue weighted by Crippen LogP contribution is -2.54. The molecule has 2 aromatic carbocycles. The minimum absolute atomic E-state index is 0.0769. The van der Waals surface area contributed by atoms with Gasteiger partial charge in [0.15, 0.2) is 0 Å². The molecule has 1 aliphatic rings. The number of amides is 4. The quantitative estimate of drug-likeness (QED) is 0.487. The van der Waals surface area contributed by atoms with E-state index in [9.17, 15) is 14.4 Å². The number of nitrogens with zero attached hydrogens (tertiary/aromatic N) is 2. The van der Waals surface area contributed by atoms with Gasteiger partial charge in [-0.15, -0.1) is 0 Å². The van der Waals surface area contributed by atoms with E-state index in [0.29, 0.717) is 5.69 Å². The minimum Gasteiger partial charge on any atom is -0.317 e. The highest BCUT2D eigenvalue weighted by atomic mass is 16.2. The number of aryl methyl sites for hydroxylation is 4. The molecule has 0 bridgehead atoms. The summed E-state index contributed by atoms with van der Waals surface area (Å²) in [6.45, 7) is 9.98. The summed E-state index contributed by atoms with van der Waals surface area (Å²) in [6.07, 6.45) is 1.57. The third-order valence-electron chi connectivity index (χ3n) is 5.83. The molecule has 0 unspecified atom stereocenters. The van der Waals surface area contributed by atoms with Crippen molar-refractivity contribution in [2.24, 2.45) is 0 Å². The number of benzene rings is 2. The molecule has 6 nitrogen and oxygen atoms in total. The predicted molar refractivity (Wildman–Crippen MR) is 125 cm³/mol. The molecule has 162 valence electrons. The van der Waals surface area contributed by atoms with Crippen LogP contribution in [0.15, 0.2) is 54.1 Å². The molecule has 0 spiro atoms. The molecule has 1 fully saturated rings. The summed E-state index contributed by atoms with van der Waals surface area (Å²) < 4.78 is 2.13. The maximum atomic E-state index is 13.2. The van der Waals surface area contributed by atoms with Crippen LogP contribution in [-0.4, -0.2) is 22.4 Å². The lowest BCUT2D eigenvalue weighted by atomic mass is 10.1. The third-order valence-corrected chi connectivity index (χ3v) is 5.83. The van der Waals surface area contributed by atoms with E-state index in [1.165, 1.54) is 0 Å². The molecule has 1 aliphatic heterocycles. The summed E-state index contributed by atoms with van der Waals surface area (Å²) in [7, 11) is 0. The maximum absolute atomic E-state index is 13.2. The molecule has 1 N–H and O–H groups in total. The second-order valence-corrected chi connectivity index (χ2v) is 8.20. The number of anilines is 1. The first-order valence-electron chi connectivity index (χ1n) is 10.4. The van der Waals surface area contributed by atoms with Gasteiger partial charge in [0.25, 0.3) is 11.8 Å². The number of aromatic nitrogens is 1. The largest absolute Gasteiger partial charge is 0.335 e. The number of barbiturate groups is 1. The van der Waals surface area contributed by atoms with Crippen molar-refractivity contribution in [3.05, 3.63) is 87.7 Å². The zero-order valence-corrected chi connectivity index (χ0v) is 18.8. The van der Waals surface area contributed by atoms with Crippen LogP contribution in [0.3, 0.4) is 0 Å². The average molecular weight is 428 g/mol. The molecule has 32 heavy (non-hydrogen) atoms. The minimum atomic E-state index is -0.748. The number of hydrogen-bond donors (Lipinski definition) is 1. The Morgan fingerprint density at radius 1 is 0.844 bits per heavy atom. The molecule has 0 radical (unpaired) electrons. The van der Waals surface area contributed by atoms with E-state index in [1.807, 2.05) is 45.0 Å². The molecule has 2 heterocycles. The first kappa shape index (κ1) is 21.3. The number of carbonyl (C=O) groups excluding carboxylic acids is 3. The highest BCUT2D eigenvalue weighted by molar-refractivity contribution is 6.39. The first-order chi connectivity index (χ1) is 15.2. The van der Waals surface area contributed by atoms with Gasteiger partial charge in [0, 0.05) is 11.4 Å². The fourth-order valence-electron chi connectivity index (χ4n) is 4.18. The van der Waals surface area contributed by atoms with Gasteiger partial charge in [-0.05, 0) is 75.6 Å². The van der Waals surface area contributed by atoms with Crippen LogP contribution in [0.4, 0.5) is 10.5 Å². The van der Waals surface area contributed by atoms with Crippen molar-refractivity contribution < 1.29 is 14.4 Å². The molecular formula is C26H25N3O3. The van der Waals surface area contributed by atoms with Crippen molar-refractivity contribution in [1.82, 2.24) is 9.88 Å². The van der Waals surface area contributed by atoms with E-state index in [1.54, 1.807) is 18.2 Å². The number of imide groups is 2. The normalized spacial score (nSPS) is 15.5. The van der Waals surface area contributed by atoms with E-state index in [2.05, 4.69) is 35.9 Å². The number of nitrogens with one attached hydrogen (secondary N) is 1. The lowest BCUT2D eigenvalue weighted by Gasteiger charge is -2.26. The van der Waals surface area contributed by atoms with Crippen molar-refractivity contribution in [3.63, 3.8) is 0 Å². The van der Waals surface area contributed by atoms with Gasteiger partial charge in [-0.1, -0.05) is 35.9 Å². The van der Waals surface area contributed by atoms with Crippen LogP contribution in [0.25, 0.3) is 11.8 Å². The lowest BCUT2D eigenvalue weighted by molar-refractivity contribution is -0.122. The van der Waals surface area contributed by atoms with Crippen LogP contribution in [0, 0.1) is 34.6 Å². The van der Waals surface area contributed by atoms with Gasteiger partial charge in [0.1, 0.15) is 5.57 Å². The Kier molecular flexibility index (Phi) is 5.30. The molecule has 4 amide bonds. The van der Waals surface area contributed by atoms with Crippen LogP contribution in [0.2, 0.25) is 0 Å². The Morgan fingerprint density at radius 2 is 1.47 bits per heavy atom. The first-order valence-corrected chi connectivity index (χ1v) is 10.4. The van der Waals surface area contributed by atoms with Crippen molar-refractivity contribution in [3.8, 4) is 5.69 Å². The van der Waals surface area contributed by atoms with Crippen LogP contribution >= 0.6 is 0 Å². The summed E-state index contributed by atoms with van der Waals surface area (Å²) in [5.41, 5.74) is 7.34. The standard InChI is InChI=1S/C26H25N3O3/c1-15-9-11-21(12-10-15)29-25(31)22(24(30)27-26(29)32)14-20-13-18(4)28(19(20)5)23-16(2)7-6-8-17(23)3/h6-14H,1-5H3,(H,27,30,32)/b22-14+. The average Bonchev–Trinajstić information content (AvgIpc) is 3.00. The summed E-state index contributed by atoms with van der Waals surface area (Å²) in [6, 6.07) is 14.3. The van der Waals surface area contributed by atoms with Crippen molar-refractivity contribution in [1.29, 1.82) is 0 Å². The van der Waals surface area contributed by atoms with Crippen molar-refractivity contribution in [2.75, 3.05) is 4.90 Å². The molecule has 6 heteroatoms. The zero-order valence-electron chi connectivity index (χ0n) is 18.8. The monoisotopic (exact) mass is 427 g/mol. The number of rotatable bonds is 3. The topological polar surface area (TPSA) is 71.4 Å². The fourth-order valence-corrected chi connectivity index (χ4v) is 4.18. The Balaban J connectivity index is 1.79. The third kappa shape index (κ3) is 3.54. The second kappa shape index (κ2) is 7.96. The van der Waals surface area contributed by atoms with Gasteiger partial charge in [-0.3, -0.25) is 14.9 Å². The molecule has 1 saturated heterocycles. The Morgan fingerprint density at radius 3 is 2.09 bits per heavy atom. The van der Waals surface area contributed by atoms with Gasteiger partial charge in [0.2, 0.25) is 0 Å². The summed E-state index contributed by atoms with van der Waals surface area (Å²) in [5, 5.41) is 2.29. The molecule has 0 saturated carbocycles. The molecule has 3 aromatic rings. The number of urea groups is 1. The van der Waals surface area contributed by atoms with Crippen LogP contribution in [0.1, 0.15) is 33.6 Å². The summed E-state index contributed by atoms with van der Waals surface area (Å²) in [4.78, 5) is 39.2. The van der Waals surface area contributed by atoms with E-state index in [-0.39, 0.29) is 5.57 Å². The zero-order chi connectivity index (χ0) is 23.2. The van der Waals surface area contributed by atoms with Crippen LogP contribution in [-0.2, 0) is 9.59 Å². The Hall–Kier alpha value is -3.93. The van der Waals surface area contributed by atoms with Crippen molar-refractivity contribution in [2.45, 2.75) is 34.6 Å². The van der Waals surface area contributed by atoms with Gasteiger partial charge < -0.3 is 4.57 Å². The van der Waals surface area contributed by atoms with E-state index in [0.717, 1.165) is 44.2 Å². The molecule has 0 atom stereocenters. The molecule has 4 rings (SSSR count).